The van der Waals surface area contributed by atoms with Crippen LogP contribution in [0.25, 0.3) is 0 Å². The van der Waals surface area contributed by atoms with Gasteiger partial charge in [0.1, 0.15) is 12.7 Å². The summed E-state index contributed by atoms with van der Waals surface area (Å²) in [5.74, 6) is 0.0230. The molecule has 1 unspecified atom stereocenters. The van der Waals surface area contributed by atoms with Crippen LogP contribution in [0.2, 0.25) is 0 Å². The van der Waals surface area contributed by atoms with E-state index in [1.54, 1.807) is 18.2 Å². The third-order valence-corrected chi connectivity index (χ3v) is 3.87. The van der Waals surface area contributed by atoms with Crippen molar-refractivity contribution in [2.75, 3.05) is 25.1 Å². The number of nitrogens with one attached hydrogen (secondary N) is 2. The highest BCUT2D eigenvalue weighted by Crippen LogP contribution is 2.30. The molecule has 0 aliphatic carbocycles. The molecule has 0 spiro atoms. The van der Waals surface area contributed by atoms with Crippen molar-refractivity contribution < 1.29 is 28.6 Å². The fourth-order valence-electron chi connectivity index (χ4n) is 2.55. The van der Waals surface area contributed by atoms with E-state index in [1.807, 2.05) is 18.2 Å². The van der Waals surface area contributed by atoms with Gasteiger partial charge >= 0.3 is 5.97 Å². The van der Waals surface area contributed by atoms with E-state index in [0.29, 0.717) is 23.8 Å². The summed E-state index contributed by atoms with van der Waals surface area (Å²) in [7, 11) is 0. The molecule has 8 nitrogen and oxygen atoms in total. The molecule has 3 rings (SSSR count). The van der Waals surface area contributed by atoms with Crippen molar-refractivity contribution in [3.8, 4) is 11.5 Å². The van der Waals surface area contributed by atoms with E-state index in [9.17, 15) is 14.4 Å². The van der Waals surface area contributed by atoms with Crippen LogP contribution in [-0.2, 0) is 14.3 Å². The second-order valence-electron chi connectivity index (χ2n) is 6.14. The van der Waals surface area contributed by atoms with E-state index in [1.165, 1.54) is 19.1 Å². The summed E-state index contributed by atoms with van der Waals surface area (Å²) in [6.45, 7) is 1.54. The Morgan fingerprint density at radius 3 is 2.50 bits per heavy atom. The molecule has 28 heavy (non-hydrogen) atoms. The number of benzene rings is 2. The highest BCUT2D eigenvalue weighted by molar-refractivity contribution is 5.93. The molecule has 1 aliphatic heterocycles. The molecule has 2 aromatic rings. The summed E-state index contributed by atoms with van der Waals surface area (Å²) in [6.07, 6.45) is -0.323. The average molecular weight is 384 g/mol. The number of carbonyl (C=O) groups excluding carboxylic acids is 3. The standard InChI is InChI=1S/C20H20N2O6/c1-13(23)22-15-8-6-14(7-9-15)20(25)27-12-19(24)21-10-16-11-26-17-4-2-3-5-18(17)28-16/h2-9,16H,10-12H2,1H3,(H,21,24)(H,22,23). The van der Waals surface area contributed by atoms with Crippen LogP contribution in [0.3, 0.4) is 0 Å². The van der Waals surface area contributed by atoms with Gasteiger partial charge in [-0.05, 0) is 36.4 Å². The molecule has 8 heteroatoms. The Bertz CT molecular complexity index is 865. The zero-order valence-electron chi connectivity index (χ0n) is 15.3. The molecule has 1 aliphatic rings. The number of anilines is 1. The molecule has 0 radical (unpaired) electrons. The van der Waals surface area contributed by atoms with Crippen LogP contribution in [0.15, 0.2) is 48.5 Å². The van der Waals surface area contributed by atoms with E-state index < -0.39 is 18.5 Å². The maximum absolute atomic E-state index is 12.0. The van der Waals surface area contributed by atoms with E-state index in [-0.39, 0.29) is 24.1 Å². The van der Waals surface area contributed by atoms with Gasteiger partial charge in [0.15, 0.2) is 18.1 Å². The van der Waals surface area contributed by atoms with Crippen molar-refractivity contribution in [3.63, 3.8) is 0 Å². The molecule has 0 bridgehead atoms. The fraction of sp³-hybridized carbons (Fsp3) is 0.250. The minimum absolute atomic E-state index is 0.206. The molecule has 2 N–H and O–H groups in total. The lowest BCUT2D eigenvalue weighted by molar-refractivity contribution is -0.124. The SMILES string of the molecule is CC(=O)Nc1ccc(C(=O)OCC(=O)NCC2COc3ccccc3O2)cc1. The molecule has 0 saturated heterocycles. The van der Waals surface area contributed by atoms with Gasteiger partial charge in [0.25, 0.3) is 5.91 Å². The number of ether oxygens (including phenoxy) is 3. The van der Waals surface area contributed by atoms with Crippen molar-refractivity contribution in [2.45, 2.75) is 13.0 Å². The quantitative estimate of drug-likeness (QED) is 0.736. The minimum atomic E-state index is -0.629. The Kier molecular flexibility index (Phi) is 6.11. The molecule has 1 atom stereocenters. The lowest BCUT2D eigenvalue weighted by atomic mass is 10.2. The first-order chi connectivity index (χ1) is 13.5. The number of carbonyl (C=O) groups is 3. The Morgan fingerprint density at radius 1 is 1.07 bits per heavy atom. The summed E-state index contributed by atoms with van der Waals surface area (Å²) in [6, 6.07) is 13.5. The zero-order valence-corrected chi connectivity index (χ0v) is 15.3. The molecule has 0 saturated carbocycles. The maximum atomic E-state index is 12.0. The number of rotatable bonds is 6. The molecular weight excluding hydrogens is 364 g/mol. The number of esters is 1. The number of hydrogen-bond donors (Lipinski definition) is 2. The van der Waals surface area contributed by atoms with Crippen LogP contribution in [0, 0.1) is 0 Å². The van der Waals surface area contributed by atoms with E-state index in [0.717, 1.165) is 0 Å². The van der Waals surface area contributed by atoms with Gasteiger partial charge in [-0.2, -0.15) is 0 Å². The predicted molar refractivity (Wildman–Crippen MR) is 100 cm³/mol. The number of amides is 2. The Labute approximate surface area is 161 Å². The van der Waals surface area contributed by atoms with Crippen LogP contribution < -0.4 is 20.1 Å². The molecule has 2 aromatic carbocycles. The lowest BCUT2D eigenvalue weighted by Crippen LogP contribution is -2.42. The first-order valence-electron chi connectivity index (χ1n) is 8.71. The highest BCUT2D eigenvalue weighted by Gasteiger charge is 2.21. The molecule has 2 amide bonds. The van der Waals surface area contributed by atoms with Crippen molar-refractivity contribution in [3.05, 3.63) is 54.1 Å². The van der Waals surface area contributed by atoms with E-state index in [2.05, 4.69) is 10.6 Å². The van der Waals surface area contributed by atoms with Crippen LogP contribution >= 0.6 is 0 Å². The summed E-state index contributed by atoms with van der Waals surface area (Å²) < 4.78 is 16.3. The fourth-order valence-corrected chi connectivity index (χ4v) is 2.55. The van der Waals surface area contributed by atoms with Crippen LogP contribution in [-0.4, -0.2) is 43.6 Å². The second kappa shape index (κ2) is 8.90. The topological polar surface area (TPSA) is 103 Å². The van der Waals surface area contributed by atoms with Gasteiger partial charge < -0.3 is 24.8 Å². The summed E-state index contributed by atoms with van der Waals surface area (Å²) in [5.41, 5.74) is 0.848. The third kappa shape index (κ3) is 5.23. The minimum Gasteiger partial charge on any atom is -0.486 e. The van der Waals surface area contributed by atoms with E-state index >= 15 is 0 Å². The summed E-state index contributed by atoms with van der Waals surface area (Å²) >= 11 is 0. The monoisotopic (exact) mass is 384 g/mol. The zero-order chi connectivity index (χ0) is 19.9. The predicted octanol–water partition coefficient (Wildman–Crippen LogP) is 1.76. The molecular formula is C20H20N2O6. The van der Waals surface area contributed by atoms with Crippen molar-refractivity contribution >= 4 is 23.5 Å². The molecule has 0 aromatic heterocycles. The molecule has 146 valence electrons. The van der Waals surface area contributed by atoms with Gasteiger partial charge in [-0.3, -0.25) is 9.59 Å². The van der Waals surface area contributed by atoms with Gasteiger partial charge in [-0.1, -0.05) is 12.1 Å². The normalized spacial score (nSPS) is 14.7. The average Bonchev–Trinajstić information content (AvgIpc) is 2.70. The van der Waals surface area contributed by atoms with Crippen molar-refractivity contribution in [1.82, 2.24) is 5.32 Å². The Hall–Kier alpha value is -3.55. The third-order valence-electron chi connectivity index (χ3n) is 3.87. The molecule has 1 heterocycles. The number of para-hydroxylation sites is 2. The first-order valence-corrected chi connectivity index (χ1v) is 8.71. The number of hydrogen-bond acceptors (Lipinski definition) is 6. The second-order valence-corrected chi connectivity index (χ2v) is 6.14. The largest absolute Gasteiger partial charge is 0.486 e. The smallest absolute Gasteiger partial charge is 0.338 e. The lowest BCUT2D eigenvalue weighted by Gasteiger charge is -2.26. The van der Waals surface area contributed by atoms with Gasteiger partial charge in [0.2, 0.25) is 5.91 Å². The van der Waals surface area contributed by atoms with Crippen LogP contribution in [0.4, 0.5) is 5.69 Å². The Morgan fingerprint density at radius 2 is 1.79 bits per heavy atom. The first kappa shape index (κ1) is 19.2. The van der Waals surface area contributed by atoms with Gasteiger partial charge in [0, 0.05) is 12.6 Å². The highest BCUT2D eigenvalue weighted by atomic mass is 16.6. The van der Waals surface area contributed by atoms with Gasteiger partial charge in [-0.15, -0.1) is 0 Å². The van der Waals surface area contributed by atoms with Crippen LogP contribution in [0.5, 0.6) is 11.5 Å². The number of fused-ring (bicyclic) bond motifs is 1. The Balaban J connectivity index is 1.40. The summed E-state index contributed by atoms with van der Waals surface area (Å²) in [4.78, 5) is 34.9. The van der Waals surface area contributed by atoms with E-state index in [4.69, 9.17) is 14.2 Å². The van der Waals surface area contributed by atoms with Crippen LogP contribution in [0.1, 0.15) is 17.3 Å². The van der Waals surface area contributed by atoms with Gasteiger partial charge in [0.05, 0.1) is 12.1 Å². The van der Waals surface area contributed by atoms with Gasteiger partial charge in [-0.25, -0.2) is 4.79 Å². The molecule has 0 fully saturated rings. The summed E-state index contributed by atoms with van der Waals surface area (Å²) in [5, 5.41) is 5.25. The maximum Gasteiger partial charge on any atom is 0.338 e. The van der Waals surface area contributed by atoms with Crippen molar-refractivity contribution in [1.29, 1.82) is 0 Å². The van der Waals surface area contributed by atoms with Crippen molar-refractivity contribution in [2.24, 2.45) is 0 Å².